The average molecular weight is 554 g/mol. The first-order valence-corrected chi connectivity index (χ1v) is 14.7. The number of hydrogen-bond acceptors (Lipinski definition) is 7. The number of primary amides is 1. The molecule has 0 bridgehead atoms. The molecular weight excluding hydrogens is 514 g/mol. The molecule has 3 aromatic rings. The summed E-state index contributed by atoms with van der Waals surface area (Å²) in [5, 5.41) is 3.14. The van der Waals surface area contributed by atoms with Crippen LogP contribution in [0, 0.1) is 11.3 Å². The maximum atomic E-state index is 13.7. The van der Waals surface area contributed by atoms with E-state index < -0.39 is 12.0 Å². The van der Waals surface area contributed by atoms with Gasteiger partial charge in [-0.3, -0.25) is 9.59 Å². The van der Waals surface area contributed by atoms with Gasteiger partial charge in [0.25, 0.3) is 5.91 Å². The molecule has 2 atom stereocenters. The van der Waals surface area contributed by atoms with Crippen LogP contribution in [-0.4, -0.2) is 71.4 Å². The Morgan fingerprint density at radius 2 is 1.59 bits per heavy atom. The van der Waals surface area contributed by atoms with E-state index in [4.69, 9.17) is 5.73 Å². The summed E-state index contributed by atoms with van der Waals surface area (Å²) in [7, 11) is 2.22. The minimum absolute atomic E-state index is 0.235. The van der Waals surface area contributed by atoms with Crippen molar-refractivity contribution in [1.29, 1.82) is 0 Å². The van der Waals surface area contributed by atoms with Crippen LogP contribution in [0.2, 0.25) is 0 Å². The van der Waals surface area contributed by atoms with Gasteiger partial charge >= 0.3 is 0 Å². The Labute approximate surface area is 241 Å². The summed E-state index contributed by atoms with van der Waals surface area (Å²) in [5.74, 6) is -0.728. The van der Waals surface area contributed by atoms with Gasteiger partial charge < -0.3 is 25.8 Å². The van der Waals surface area contributed by atoms with Crippen molar-refractivity contribution in [3.63, 3.8) is 0 Å². The molecule has 3 aliphatic rings. The minimum Gasteiger partial charge on any atom is -0.371 e. The number of rotatable bonds is 6. The number of piperidine rings is 2. The molecule has 0 saturated carbocycles. The Hall–Kier alpha value is -3.98. The summed E-state index contributed by atoms with van der Waals surface area (Å²) in [6, 6.07) is 19.1. The van der Waals surface area contributed by atoms with E-state index in [1.54, 1.807) is 17.2 Å². The van der Waals surface area contributed by atoms with Crippen molar-refractivity contribution in [2.45, 2.75) is 38.1 Å². The first-order valence-electron chi connectivity index (χ1n) is 14.7. The maximum absolute atomic E-state index is 13.7. The van der Waals surface area contributed by atoms with Crippen LogP contribution in [0.25, 0.3) is 0 Å². The minimum atomic E-state index is -0.451. The van der Waals surface area contributed by atoms with Gasteiger partial charge in [-0.25, -0.2) is 9.97 Å². The fourth-order valence-electron chi connectivity index (χ4n) is 6.78. The Morgan fingerprint density at radius 3 is 2.27 bits per heavy atom. The number of likely N-dealkylation sites (tertiary alicyclic amines) is 2. The summed E-state index contributed by atoms with van der Waals surface area (Å²) < 4.78 is 0. The molecule has 2 unspecified atom stereocenters. The molecule has 0 radical (unpaired) electrons. The Kier molecular flexibility index (Phi) is 7.62. The average Bonchev–Trinajstić information content (AvgIpc) is 3.45. The summed E-state index contributed by atoms with van der Waals surface area (Å²) in [6.45, 7) is 4.97. The van der Waals surface area contributed by atoms with Gasteiger partial charge in [0.05, 0.1) is 12.0 Å². The van der Waals surface area contributed by atoms with Crippen LogP contribution >= 0.6 is 0 Å². The number of amides is 2. The molecule has 2 aromatic carbocycles. The van der Waals surface area contributed by atoms with Crippen molar-refractivity contribution < 1.29 is 9.59 Å². The third-order valence-electron chi connectivity index (χ3n) is 9.40. The highest BCUT2D eigenvalue weighted by molar-refractivity contribution is 5.94. The van der Waals surface area contributed by atoms with Gasteiger partial charge in [-0.2, -0.15) is 0 Å². The van der Waals surface area contributed by atoms with Gasteiger partial charge in [-0.1, -0.05) is 30.3 Å². The van der Waals surface area contributed by atoms with Crippen LogP contribution in [0.3, 0.4) is 0 Å². The second-order valence-corrected chi connectivity index (χ2v) is 11.9. The molecule has 9 nitrogen and oxygen atoms in total. The standard InChI is InChI=1S/C32H39N7O2/c1-37-19-13-32(14-20-37)15-21-38(22-16-32)25-9-7-23(8-10-25)28-26(29(33)40)12-18-39(28)30(41)27-11-17-34-31(36-27)35-24-5-3-2-4-6-24/h2-11,17,26,28H,12-16,18-22H2,1H3,(H2,33,40)(H,34,35,36). The molecule has 1 aromatic heterocycles. The van der Waals surface area contributed by atoms with E-state index >= 15 is 0 Å². The number of nitrogens with two attached hydrogens (primary N) is 1. The number of carbonyl (C=O) groups excluding carboxylic acids is 2. The van der Waals surface area contributed by atoms with E-state index in [-0.39, 0.29) is 17.5 Å². The fraction of sp³-hybridized carbons (Fsp3) is 0.438. The van der Waals surface area contributed by atoms with Gasteiger partial charge in [-0.05, 0) is 93.6 Å². The molecule has 0 aliphatic carbocycles. The number of nitrogens with one attached hydrogen (secondary N) is 1. The van der Waals surface area contributed by atoms with Crippen LogP contribution in [0.5, 0.6) is 0 Å². The van der Waals surface area contributed by atoms with Crippen LogP contribution in [0.1, 0.15) is 54.2 Å². The highest BCUT2D eigenvalue weighted by Crippen LogP contribution is 2.43. The molecule has 9 heteroatoms. The van der Waals surface area contributed by atoms with Gasteiger partial charge in [-0.15, -0.1) is 0 Å². The van der Waals surface area contributed by atoms with E-state index in [0.717, 1.165) is 24.3 Å². The molecule has 3 aliphatic heterocycles. The highest BCUT2D eigenvalue weighted by Gasteiger charge is 2.42. The second-order valence-electron chi connectivity index (χ2n) is 11.9. The van der Waals surface area contributed by atoms with Crippen molar-refractivity contribution in [2.75, 3.05) is 50.0 Å². The number of nitrogens with zero attached hydrogens (tertiary/aromatic N) is 5. The fourth-order valence-corrected chi connectivity index (χ4v) is 6.78. The van der Waals surface area contributed by atoms with Gasteiger partial charge in [0, 0.05) is 37.2 Å². The third kappa shape index (κ3) is 5.77. The van der Waals surface area contributed by atoms with Crippen molar-refractivity contribution in [1.82, 2.24) is 19.8 Å². The normalized spacial score (nSPS) is 22.6. The lowest BCUT2D eigenvalue weighted by Crippen LogP contribution is -2.46. The highest BCUT2D eigenvalue weighted by atomic mass is 16.2. The molecule has 3 fully saturated rings. The number of carbonyl (C=O) groups is 2. The molecule has 4 heterocycles. The summed E-state index contributed by atoms with van der Waals surface area (Å²) in [6.07, 6.45) is 7.16. The molecule has 1 spiro atoms. The number of anilines is 3. The first-order chi connectivity index (χ1) is 19.9. The van der Waals surface area contributed by atoms with Crippen LogP contribution in [0.4, 0.5) is 17.3 Å². The quantitative estimate of drug-likeness (QED) is 0.471. The zero-order valence-electron chi connectivity index (χ0n) is 23.7. The van der Waals surface area contributed by atoms with Crippen LogP contribution in [-0.2, 0) is 4.79 Å². The summed E-state index contributed by atoms with van der Waals surface area (Å²) in [4.78, 5) is 41.6. The van der Waals surface area contributed by atoms with E-state index in [1.165, 1.54) is 44.5 Å². The molecule has 3 saturated heterocycles. The molecule has 3 N–H and O–H groups in total. The maximum Gasteiger partial charge on any atom is 0.273 e. The van der Waals surface area contributed by atoms with Crippen LogP contribution < -0.4 is 16.0 Å². The van der Waals surface area contributed by atoms with E-state index in [9.17, 15) is 9.59 Å². The molecule has 2 amide bonds. The third-order valence-corrected chi connectivity index (χ3v) is 9.40. The SMILES string of the molecule is CN1CCC2(CC1)CCN(c1ccc(C3C(C(N)=O)CCN3C(=O)c3ccnc(Nc4ccccc4)n3)cc1)CC2. The number of hydrogen-bond donors (Lipinski definition) is 2. The first kappa shape index (κ1) is 27.2. The lowest BCUT2D eigenvalue weighted by molar-refractivity contribution is -0.122. The van der Waals surface area contributed by atoms with Crippen molar-refractivity contribution >= 4 is 29.1 Å². The summed E-state index contributed by atoms with van der Waals surface area (Å²) in [5.41, 5.74) is 9.56. The summed E-state index contributed by atoms with van der Waals surface area (Å²) >= 11 is 0. The Balaban J connectivity index is 1.17. The van der Waals surface area contributed by atoms with Crippen LogP contribution in [0.15, 0.2) is 66.9 Å². The predicted octanol–water partition coefficient (Wildman–Crippen LogP) is 4.22. The van der Waals surface area contributed by atoms with E-state index in [0.29, 0.717) is 24.3 Å². The molecular formula is C32H39N7O2. The number of para-hydroxylation sites is 1. The van der Waals surface area contributed by atoms with Crippen molar-refractivity contribution in [3.8, 4) is 0 Å². The Bertz CT molecular complexity index is 1360. The monoisotopic (exact) mass is 553 g/mol. The molecule has 41 heavy (non-hydrogen) atoms. The van der Waals surface area contributed by atoms with Crippen molar-refractivity contribution in [3.05, 3.63) is 78.1 Å². The topological polar surface area (TPSA) is 108 Å². The van der Waals surface area contributed by atoms with Crippen molar-refractivity contribution in [2.24, 2.45) is 17.1 Å². The molecule has 214 valence electrons. The lowest BCUT2D eigenvalue weighted by atomic mass is 9.71. The number of aromatic nitrogens is 2. The lowest BCUT2D eigenvalue weighted by Gasteiger charge is -2.47. The predicted molar refractivity (Wildman–Crippen MR) is 160 cm³/mol. The number of benzene rings is 2. The zero-order valence-corrected chi connectivity index (χ0v) is 23.7. The van der Waals surface area contributed by atoms with Gasteiger partial charge in [0.1, 0.15) is 5.69 Å². The second kappa shape index (κ2) is 11.5. The van der Waals surface area contributed by atoms with E-state index in [2.05, 4.69) is 56.4 Å². The molecule has 6 rings (SSSR count). The Morgan fingerprint density at radius 1 is 0.902 bits per heavy atom. The largest absolute Gasteiger partial charge is 0.371 e. The zero-order chi connectivity index (χ0) is 28.4. The van der Waals surface area contributed by atoms with Gasteiger partial charge in [0.15, 0.2) is 0 Å². The van der Waals surface area contributed by atoms with E-state index in [1.807, 2.05) is 30.3 Å². The van der Waals surface area contributed by atoms with Gasteiger partial charge in [0.2, 0.25) is 11.9 Å². The smallest absolute Gasteiger partial charge is 0.273 e.